The van der Waals surface area contributed by atoms with Crippen LogP contribution in [-0.2, 0) is 14.6 Å². The molecule has 1 aromatic rings. The molecule has 0 spiro atoms. The Balaban J connectivity index is 1.44. The Labute approximate surface area is 215 Å². The van der Waals surface area contributed by atoms with Gasteiger partial charge in [0, 0.05) is 64.7 Å². The van der Waals surface area contributed by atoms with Crippen molar-refractivity contribution in [2.75, 3.05) is 64.4 Å². The molecule has 0 saturated carbocycles. The maximum Gasteiger partial charge on any atom is 0.299 e. The average molecular weight is 536 g/mol. The Bertz CT molecular complexity index is 1240. The van der Waals surface area contributed by atoms with Crippen molar-refractivity contribution >= 4 is 33.0 Å². The molecule has 2 saturated heterocycles. The summed E-state index contributed by atoms with van der Waals surface area (Å²) in [5.41, 5.74) is 0.387. The van der Waals surface area contributed by atoms with Crippen LogP contribution in [0.25, 0.3) is 5.41 Å². The van der Waals surface area contributed by atoms with Crippen LogP contribution >= 0.6 is 11.6 Å². The van der Waals surface area contributed by atoms with Crippen LogP contribution in [0.15, 0.2) is 52.5 Å². The van der Waals surface area contributed by atoms with Crippen LogP contribution in [0.1, 0.15) is 6.42 Å². The van der Waals surface area contributed by atoms with Crippen LogP contribution in [-0.4, -0.2) is 93.8 Å². The average Bonchev–Trinajstić information content (AvgIpc) is 3.38. The number of benzene rings is 1. The number of halogens is 1. The summed E-state index contributed by atoms with van der Waals surface area (Å²) in [5.74, 6) is 2.25. The molecule has 0 bridgehead atoms. The summed E-state index contributed by atoms with van der Waals surface area (Å²) in [6.45, 7) is 5.61. The number of sulfone groups is 1. The van der Waals surface area contributed by atoms with Crippen molar-refractivity contribution in [3.05, 3.63) is 68.1 Å². The van der Waals surface area contributed by atoms with E-state index in [0.717, 1.165) is 38.4 Å². The molecule has 3 aliphatic rings. The standard InChI is InChI=1S/C23H28ClN6O5S/c1-35-13-12-27-8-10-28(11-9-27)17-2-4-22(19(24)14-17)36(33,34)18-6-7-29(16-18)23-5-3-21(30(31)32)20(15-25)26-23/h2-5,14,18,26H,6-13,16H2,1H3/q-1/t18-/m0/s1. The second kappa shape index (κ2) is 11.0. The number of nitro groups is 1. The molecule has 0 radical (unpaired) electrons. The number of allylic oxidation sites excluding steroid dienone is 2. The van der Waals surface area contributed by atoms with Gasteiger partial charge < -0.3 is 25.3 Å². The zero-order chi connectivity index (χ0) is 25.9. The number of piperazine rings is 1. The number of anilines is 1. The molecular formula is C23H28ClN6O5S-. The van der Waals surface area contributed by atoms with Gasteiger partial charge in [0.05, 0.1) is 26.7 Å². The molecule has 194 valence electrons. The van der Waals surface area contributed by atoms with Gasteiger partial charge in [0.25, 0.3) is 5.70 Å². The van der Waals surface area contributed by atoms with E-state index in [9.17, 15) is 23.9 Å². The number of hydrogen-bond acceptors (Lipinski definition) is 9. The minimum Gasteiger partial charge on any atom is -0.761 e. The predicted molar refractivity (Wildman–Crippen MR) is 137 cm³/mol. The summed E-state index contributed by atoms with van der Waals surface area (Å²) in [7, 11) is -2.03. The lowest BCUT2D eigenvalue weighted by atomic mass is 10.2. The van der Waals surface area contributed by atoms with E-state index >= 15 is 0 Å². The molecule has 1 aromatic carbocycles. The first-order valence-corrected chi connectivity index (χ1v) is 13.5. The maximum absolute atomic E-state index is 13.4. The van der Waals surface area contributed by atoms with E-state index in [0.29, 0.717) is 25.4 Å². The van der Waals surface area contributed by atoms with Crippen molar-refractivity contribution in [2.45, 2.75) is 16.6 Å². The van der Waals surface area contributed by atoms with Crippen LogP contribution < -0.4 is 10.2 Å². The van der Waals surface area contributed by atoms with Gasteiger partial charge in [-0.3, -0.25) is 15.0 Å². The number of dihydropyridines is 1. The molecule has 0 aromatic heterocycles. The monoisotopic (exact) mass is 535 g/mol. The number of rotatable bonds is 8. The van der Waals surface area contributed by atoms with Crippen LogP contribution in [0.5, 0.6) is 0 Å². The van der Waals surface area contributed by atoms with Crippen LogP contribution in [0, 0.1) is 10.1 Å². The molecule has 1 atom stereocenters. The molecule has 0 amide bonds. The third-order valence-corrected chi connectivity index (χ3v) is 9.37. The van der Waals surface area contributed by atoms with E-state index in [2.05, 4.69) is 15.1 Å². The molecule has 3 heterocycles. The highest BCUT2D eigenvalue weighted by molar-refractivity contribution is 7.92. The van der Waals surface area contributed by atoms with Crippen molar-refractivity contribution < 1.29 is 18.1 Å². The smallest absolute Gasteiger partial charge is 0.299 e. The first kappa shape index (κ1) is 26.2. The molecule has 0 aliphatic carbocycles. The highest BCUT2D eigenvalue weighted by atomic mass is 35.5. The first-order valence-electron chi connectivity index (χ1n) is 11.6. The molecule has 36 heavy (non-hydrogen) atoms. The number of nitrogens with one attached hydrogen (secondary N) is 1. The van der Waals surface area contributed by atoms with Gasteiger partial charge in [-0.25, -0.2) is 14.3 Å². The number of likely N-dealkylation sites (tertiary alicyclic amines) is 1. The highest BCUT2D eigenvalue weighted by Crippen LogP contribution is 2.33. The van der Waals surface area contributed by atoms with Gasteiger partial charge in [-0.15, -0.1) is 0 Å². The van der Waals surface area contributed by atoms with Crippen molar-refractivity contribution in [1.82, 2.24) is 15.1 Å². The lowest BCUT2D eigenvalue weighted by Gasteiger charge is -2.36. The zero-order valence-electron chi connectivity index (χ0n) is 19.9. The summed E-state index contributed by atoms with van der Waals surface area (Å²) < 4.78 is 32.0. The Morgan fingerprint density at radius 2 is 1.97 bits per heavy atom. The normalized spacial score (nSPS) is 21.1. The number of methoxy groups -OCH3 is 1. The fourth-order valence-electron chi connectivity index (χ4n) is 4.64. The molecule has 11 nitrogen and oxygen atoms in total. The SMILES string of the molecule is COCCN1CCN(c2ccc(S(=O)(=O)[C@H]3CCN(C4=CC=C([N+](=O)[O-])C(=C=[N-])N4)C3)c(Cl)c2)CC1. The Kier molecular flexibility index (Phi) is 8.01. The fraction of sp³-hybridized carbons (Fsp3) is 0.478. The fourth-order valence-corrected chi connectivity index (χ4v) is 6.88. The number of nitrogens with zero attached hydrogens (tertiary/aromatic N) is 5. The largest absolute Gasteiger partial charge is 0.761 e. The van der Waals surface area contributed by atoms with Gasteiger partial charge in [-0.2, -0.15) is 0 Å². The van der Waals surface area contributed by atoms with Crippen LogP contribution in [0.2, 0.25) is 5.02 Å². The van der Waals surface area contributed by atoms with Crippen molar-refractivity contribution in [1.29, 1.82) is 0 Å². The molecule has 13 heteroatoms. The second-order valence-electron chi connectivity index (χ2n) is 8.81. The maximum atomic E-state index is 13.4. The van der Waals surface area contributed by atoms with E-state index in [1.54, 1.807) is 36.1 Å². The Morgan fingerprint density at radius 1 is 1.22 bits per heavy atom. The van der Waals surface area contributed by atoms with E-state index in [1.165, 1.54) is 12.2 Å². The van der Waals surface area contributed by atoms with Gasteiger partial charge in [-0.05, 0) is 30.7 Å². The van der Waals surface area contributed by atoms with Gasteiger partial charge in [-0.1, -0.05) is 11.6 Å². The van der Waals surface area contributed by atoms with Crippen LogP contribution in [0.4, 0.5) is 5.69 Å². The van der Waals surface area contributed by atoms with Gasteiger partial charge >= 0.3 is 0 Å². The van der Waals surface area contributed by atoms with Gasteiger partial charge in [0.15, 0.2) is 9.84 Å². The minimum atomic E-state index is -3.72. The summed E-state index contributed by atoms with van der Waals surface area (Å²) in [5, 5.41) is 22.6. The third-order valence-electron chi connectivity index (χ3n) is 6.71. The second-order valence-corrected chi connectivity index (χ2v) is 11.4. The van der Waals surface area contributed by atoms with E-state index in [-0.39, 0.29) is 27.9 Å². The molecule has 1 N–H and O–H groups in total. The van der Waals surface area contributed by atoms with Crippen molar-refractivity contribution in [3.8, 4) is 0 Å². The Hall–Kier alpha value is -2.89. The summed E-state index contributed by atoms with van der Waals surface area (Å²) >= 11 is 6.50. The quantitative estimate of drug-likeness (QED) is 0.300. The molecule has 3 aliphatic heterocycles. The Morgan fingerprint density at radius 3 is 2.61 bits per heavy atom. The number of ether oxygens (including phenoxy) is 1. The zero-order valence-corrected chi connectivity index (χ0v) is 21.5. The molecule has 2 fully saturated rings. The predicted octanol–water partition coefficient (Wildman–Crippen LogP) is 1.68. The van der Waals surface area contributed by atoms with E-state index < -0.39 is 20.0 Å². The minimum absolute atomic E-state index is 0.101. The van der Waals surface area contributed by atoms with Crippen molar-refractivity contribution in [3.63, 3.8) is 0 Å². The lowest BCUT2D eigenvalue weighted by Crippen LogP contribution is -2.47. The molecule has 0 unspecified atom stereocenters. The molecular weight excluding hydrogens is 508 g/mol. The molecule has 4 rings (SSSR count). The summed E-state index contributed by atoms with van der Waals surface area (Å²) in [6.07, 6.45) is 3.11. The lowest BCUT2D eigenvalue weighted by molar-refractivity contribution is -0.421. The first-order chi connectivity index (χ1) is 17.2. The van der Waals surface area contributed by atoms with Crippen molar-refractivity contribution in [2.24, 2.45) is 0 Å². The summed E-state index contributed by atoms with van der Waals surface area (Å²) in [4.78, 5) is 16.8. The third kappa shape index (κ3) is 5.42. The highest BCUT2D eigenvalue weighted by Gasteiger charge is 2.37. The van der Waals surface area contributed by atoms with Crippen LogP contribution in [0.3, 0.4) is 0 Å². The van der Waals surface area contributed by atoms with Gasteiger partial charge in [0.1, 0.15) is 11.5 Å². The van der Waals surface area contributed by atoms with E-state index in [4.69, 9.17) is 16.3 Å². The number of hydrogen-bond donors (Lipinski definition) is 1. The van der Waals surface area contributed by atoms with E-state index in [1.807, 2.05) is 0 Å². The van der Waals surface area contributed by atoms with Gasteiger partial charge in [0.2, 0.25) is 0 Å². The topological polar surface area (TPSA) is 131 Å². The summed E-state index contributed by atoms with van der Waals surface area (Å²) in [6, 6.07) is 5.10.